The summed E-state index contributed by atoms with van der Waals surface area (Å²) < 4.78 is 1.03. The van der Waals surface area contributed by atoms with E-state index in [2.05, 4.69) is 10.3 Å². The molecule has 1 N–H and O–H groups in total. The highest BCUT2D eigenvalue weighted by atomic mass is 35.5. The second-order valence-electron chi connectivity index (χ2n) is 4.57. The number of carbonyl (C=O) groups excluding carboxylic acids is 1. The predicted octanol–water partition coefficient (Wildman–Crippen LogP) is 2.98. The van der Waals surface area contributed by atoms with Gasteiger partial charge in [0.1, 0.15) is 0 Å². The molecular weight excluding hydrogens is 282 g/mol. The van der Waals surface area contributed by atoms with Crippen molar-refractivity contribution in [2.45, 2.75) is 12.8 Å². The maximum Gasteiger partial charge on any atom is 0.241 e. The van der Waals surface area contributed by atoms with Crippen molar-refractivity contribution in [3.63, 3.8) is 0 Å². The van der Waals surface area contributed by atoms with Crippen molar-refractivity contribution in [2.24, 2.45) is 0 Å². The third-order valence-electron chi connectivity index (χ3n) is 3.20. The fraction of sp³-hybridized carbons (Fsp3) is 0.385. The second-order valence-corrected chi connectivity index (χ2v) is 6.04. The Morgan fingerprint density at radius 1 is 1.42 bits per heavy atom. The van der Waals surface area contributed by atoms with Crippen LogP contribution in [0.4, 0.5) is 5.13 Å². The SMILES string of the molecule is O=C(CNc1nc2ccc(Cl)cc2s1)N1CCCC1. The number of halogens is 1. The molecule has 0 spiro atoms. The number of hydrogen-bond acceptors (Lipinski definition) is 4. The summed E-state index contributed by atoms with van der Waals surface area (Å²) in [6.45, 7) is 2.08. The maximum absolute atomic E-state index is 11.9. The molecule has 2 heterocycles. The van der Waals surface area contributed by atoms with Gasteiger partial charge in [-0.1, -0.05) is 22.9 Å². The van der Waals surface area contributed by atoms with Gasteiger partial charge < -0.3 is 10.2 Å². The number of nitrogens with zero attached hydrogens (tertiary/aromatic N) is 2. The Morgan fingerprint density at radius 2 is 2.21 bits per heavy atom. The minimum Gasteiger partial charge on any atom is -0.352 e. The number of aromatic nitrogens is 1. The first-order chi connectivity index (χ1) is 9.22. The number of benzene rings is 1. The van der Waals surface area contributed by atoms with Gasteiger partial charge in [-0.2, -0.15) is 0 Å². The summed E-state index contributed by atoms with van der Waals surface area (Å²) in [7, 11) is 0. The Bertz CT molecular complexity index is 607. The lowest BCUT2D eigenvalue weighted by atomic mass is 10.3. The van der Waals surface area contributed by atoms with Crippen LogP contribution in [-0.4, -0.2) is 35.4 Å². The van der Waals surface area contributed by atoms with Gasteiger partial charge in [-0.3, -0.25) is 4.79 Å². The van der Waals surface area contributed by atoms with Crippen molar-refractivity contribution in [3.8, 4) is 0 Å². The van der Waals surface area contributed by atoms with Gasteiger partial charge in [0.05, 0.1) is 16.8 Å². The van der Waals surface area contributed by atoms with Crippen LogP contribution in [0.2, 0.25) is 5.02 Å². The van der Waals surface area contributed by atoms with Crippen LogP contribution >= 0.6 is 22.9 Å². The molecule has 0 aliphatic carbocycles. The highest BCUT2D eigenvalue weighted by Crippen LogP contribution is 2.28. The zero-order chi connectivity index (χ0) is 13.2. The summed E-state index contributed by atoms with van der Waals surface area (Å²) in [5, 5.41) is 4.58. The van der Waals surface area contributed by atoms with E-state index in [1.807, 2.05) is 23.1 Å². The van der Waals surface area contributed by atoms with E-state index < -0.39 is 0 Å². The summed E-state index contributed by atoms with van der Waals surface area (Å²) in [6, 6.07) is 5.60. The van der Waals surface area contributed by atoms with Crippen LogP contribution in [0.25, 0.3) is 10.2 Å². The molecule has 1 aromatic heterocycles. The fourth-order valence-corrected chi connectivity index (χ4v) is 3.34. The van der Waals surface area contributed by atoms with E-state index in [0.29, 0.717) is 11.6 Å². The van der Waals surface area contributed by atoms with Crippen molar-refractivity contribution < 1.29 is 4.79 Å². The number of likely N-dealkylation sites (tertiary alicyclic amines) is 1. The molecule has 0 atom stereocenters. The Kier molecular flexibility index (Phi) is 3.57. The number of amides is 1. The molecule has 1 aromatic carbocycles. The van der Waals surface area contributed by atoms with E-state index >= 15 is 0 Å². The molecule has 1 saturated heterocycles. The van der Waals surface area contributed by atoms with Gasteiger partial charge in [-0.05, 0) is 31.0 Å². The number of rotatable bonds is 3. The zero-order valence-electron chi connectivity index (χ0n) is 10.4. The first-order valence-electron chi connectivity index (χ1n) is 6.30. The molecule has 100 valence electrons. The van der Waals surface area contributed by atoms with Crippen LogP contribution in [0, 0.1) is 0 Å². The van der Waals surface area contributed by atoms with Crippen molar-refractivity contribution in [3.05, 3.63) is 23.2 Å². The summed E-state index contributed by atoms with van der Waals surface area (Å²) in [5.74, 6) is 0.148. The molecule has 3 rings (SSSR count). The molecule has 4 nitrogen and oxygen atoms in total. The minimum atomic E-state index is 0.148. The molecule has 1 aliphatic heterocycles. The number of thiazole rings is 1. The number of nitrogens with one attached hydrogen (secondary N) is 1. The first kappa shape index (κ1) is 12.7. The lowest BCUT2D eigenvalue weighted by Gasteiger charge is -2.14. The summed E-state index contributed by atoms with van der Waals surface area (Å²) in [6.07, 6.45) is 2.23. The molecule has 0 saturated carbocycles. The van der Waals surface area contributed by atoms with Gasteiger partial charge in [0, 0.05) is 18.1 Å². The highest BCUT2D eigenvalue weighted by molar-refractivity contribution is 7.22. The first-order valence-corrected chi connectivity index (χ1v) is 7.49. The quantitative estimate of drug-likeness (QED) is 0.947. The largest absolute Gasteiger partial charge is 0.352 e. The monoisotopic (exact) mass is 295 g/mol. The zero-order valence-corrected chi connectivity index (χ0v) is 11.9. The smallest absolute Gasteiger partial charge is 0.241 e. The highest BCUT2D eigenvalue weighted by Gasteiger charge is 2.17. The van der Waals surface area contributed by atoms with Crippen LogP contribution in [0.1, 0.15) is 12.8 Å². The average Bonchev–Trinajstić information content (AvgIpc) is 3.04. The Labute approximate surface area is 120 Å². The van der Waals surface area contributed by atoms with Crippen LogP contribution in [0.15, 0.2) is 18.2 Å². The molecule has 19 heavy (non-hydrogen) atoms. The normalized spacial score (nSPS) is 15.1. The van der Waals surface area contributed by atoms with E-state index in [0.717, 1.165) is 41.3 Å². The standard InChI is InChI=1S/C13H14ClN3OS/c14-9-3-4-10-11(7-9)19-13(16-10)15-8-12(18)17-5-1-2-6-17/h3-4,7H,1-2,5-6,8H2,(H,15,16). The maximum atomic E-state index is 11.9. The van der Waals surface area contributed by atoms with E-state index in [9.17, 15) is 4.79 Å². The average molecular weight is 296 g/mol. The van der Waals surface area contributed by atoms with Crippen LogP contribution < -0.4 is 5.32 Å². The Morgan fingerprint density at radius 3 is 3.00 bits per heavy atom. The lowest BCUT2D eigenvalue weighted by molar-refractivity contribution is -0.128. The molecule has 2 aromatic rings. The fourth-order valence-electron chi connectivity index (χ4n) is 2.20. The van der Waals surface area contributed by atoms with E-state index in [1.165, 1.54) is 11.3 Å². The van der Waals surface area contributed by atoms with Crippen molar-refractivity contribution in [1.29, 1.82) is 0 Å². The van der Waals surface area contributed by atoms with Gasteiger partial charge >= 0.3 is 0 Å². The summed E-state index contributed by atoms with van der Waals surface area (Å²) in [4.78, 5) is 18.2. The number of carbonyl (C=O) groups is 1. The number of hydrogen-bond donors (Lipinski definition) is 1. The Hall–Kier alpha value is -1.33. The number of anilines is 1. The van der Waals surface area contributed by atoms with Gasteiger partial charge in [0.15, 0.2) is 5.13 Å². The molecule has 0 radical (unpaired) electrons. The number of fused-ring (bicyclic) bond motifs is 1. The van der Waals surface area contributed by atoms with Crippen LogP contribution in [0.3, 0.4) is 0 Å². The van der Waals surface area contributed by atoms with Gasteiger partial charge in [0.2, 0.25) is 5.91 Å². The lowest BCUT2D eigenvalue weighted by Crippen LogP contribution is -2.32. The van der Waals surface area contributed by atoms with E-state index in [4.69, 9.17) is 11.6 Å². The third-order valence-corrected chi connectivity index (χ3v) is 4.41. The molecule has 1 aliphatic rings. The molecule has 6 heteroatoms. The van der Waals surface area contributed by atoms with Crippen molar-refractivity contribution in [2.75, 3.05) is 25.0 Å². The van der Waals surface area contributed by atoms with Gasteiger partial charge in [-0.25, -0.2) is 4.98 Å². The topological polar surface area (TPSA) is 45.2 Å². The van der Waals surface area contributed by atoms with E-state index in [-0.39, 0.29) is 5.91 Å². The molecule has 1 amide bonds. The van der Waals surface area contributed by atoms with Crippen molar-refractivity contribution >= 4 is 44.2 Å². The van der Waals surface area contributed by atoms with Crippen molar-refractivity contribution in [1.82, 2.24) is 9.88 Å². The minimum absolute atomic E-state index is 0.148. The van der Waals surface area contributed by atoms with Gasteiger partial charge in [-0.15, -0.1) is 0 Å². The van der Waals surface area contributed by atoms with Crippen LogP contribution in [-0.2, 0) is 4.79 Å². The van der Waals surface area contributed by atoms with Crippen LogP contribution in [0.5, 0.6) is 0 Å². The summed E-state index contributed by atoms with van der Waals surface area (Å²) >= 11 is 7.46. The molecule has 0 unspecified atom stereocenters. The second kappa shape index (κ2) is 5.35. The van der Waals surface area contributed by atoms with Gasteiger partial charge in [0.25, 0.3) is 0 Å². The molecule has 0 bridgehead atoms. The molecule has 1 fully saturated rings. The van der Waals surface area contributed by atoms with E-state index in [1.54, 1.807) is 0 Å². The predicted molar refractivity (Wildman–Crippen MR) is 78.9 cm³/mol. The summed E-state index contributed by atoms with van der Waals surface area (Å²) in [5.41, 5.74) is 0.908. The molecular formula is C13H14ClN3OS. The Balaban J connectivity index is 1.66. The third kappa shape index (κ3) is 2.82.